The van der Waals surface area contributed by atoms with E-state index in [2.05, 4.69) is 6.92 Å². The zero-order valence-electron chi connectivity index (χ0n) is 13.7. The van der Waals surface area contributed by atoms with Crippen molar-refractivity contribution >= 4 is 10.5 Å². The van der Waals surface area contributed by atoms with E-state index >= 15 is 0 Å². The first kappa shape index (κ1) is 15.1. The van der Waals surface area contributed by atoms with Crippen molar-refractivity contribution in [2.24, 2.45) is 23.7 Å². The van der Waals surface area contributed by atoms with Gasteiger partial charge in [-0.15, -0.1) is 0 Å². The van der Waals surface area contributed by atoms with Gasteiger partial charge in [-0.3, -0.25) is 0 Å². The third kappa shape index (κ3) is 2.52. The van der Waals surface area contributed by atoms with Gasteiger partial charge in [0.05, 0.1) is 5.60 Å². The van der Waals surface area contributed by atoms with Gasteiger partial charge in [0.1, 0.15) is 10.5 Å². The van der Waals surface area contributed by atoms with Gasteiger partial charge in [0.25, 0.3) is 0 Å². The normalized spacial score (nSPS) is 28.6. The molecule has 0 heterocycles. The number of hydrogen-bond acceptors (Lipinski definition) is 1. The standard InChI is InChI=1S/C18H34OSi/c1-14(15-8-2-3-9-15)18(19-20,16-10-4-5-11-16)17-12-6-7-13-17/h14-17H,2-13H2,1,20H3. The molecule has 1 atom stereocenters. The first-order valence-corrected chi connectivity index (χ1v) is 10.2. The van der Waals surface area contributed by atoms with E-state index in [1.165, 1.54) is 77.0 Å². The summed E-state index contributed by atoms with van der Waals surface area (Å²) in [4.78, 5) is 0. The first-order valence-electron chi connectivity index (χ1n) is 9.34. The molecule has 0 aromatic carbocycles. The van der Waals surface area contributed by atoms with Crippen molar-refractivity contribution in [1.82, 2.24) is 0 Å². The van der Waals surface area contributed by atoms with Gasteiger partial charge in [0.15, 0.2) is 0 Å². The van der Waals surface area contributed by atoms with Crippen LogP contribution in [-0.2, 0) is 4.43 Å². The molecule has 0 N–H and O–H groups in total. The maximum Gasteiger partial charge on any atom is 0.146 e. The van der Waals surface area contributed by atoms with Crippen LogP contribution in [0.25, 0.3) is 0 Å². The molecule has 2 heteroatoms. The SMILES string of the molecule is CC(C1CCCC1)C(O[SiH3])(C1CCCC1)C1CCCC1. The fraction of sp³-hybridized carbons (Fsp3) is 1.00. The highest BCUT2D eigenvalue weighted by molar-refractivity contribution is 5.98. The molecule has 3 rings (SSSR count). The van der Waals surface area contributed by atoms with Gasteiger partial charge < -0.3 is 4.43 Å². The molecule has 3 fully saturated rings. The molecule has 0 spiro atoms. The van der Waals surface area contributed by atoms with Crippen molar-refractivity contribution in [2.75, 3.05) is 0 Å². The van der Waals surface area contributed by atoms with Crippen molar-refractivity contribution in [3.63, 3.8) is 0 Å². The predicted octanol–water partition coefficient (Wildman–Crippen LogP) is 4.23. The molecule has 0 radical (unpaired) electrons. The Morgan fingerprint density at radius 2 is 1.20 bits per heavy atom. The lowest BCUT2D eigenvalue weighted by Crippen LogP contribution is -2.53. The Morgan fingerprint density at radius 3 is 1.60 bits per heavy atom. The van der Waals surface area contributed by atoms with Gasteiger partial charge in [0, 0.05) is 0 Å². The van der Waals surface area contributed by atoms with Crippen LogP contribution in [0.15, 0.2) is 0 Å². The lowest BCUT2D eigenvalue weighted by Gasteiger charge is -2.50. The van der Waals surface area contributed by atoms with Gasteiger partial charge in [-0.1, -0.05) is 58.3 Å². The second-order valence-electron chi connectivity index (χ2n) is 7.85. The fourth-order valence-electron chi connectivity index (χ4n) is 6.18. The Morgan fingerprint density at radius 1 is 0.800 bits per heavy atom. The van der Waals surface area contributed by atoms with Crippen LogP contribution in [0.3, 0.4) is 0 Å². The molecule has 1 nitrogen and oxygen atoms in total. The van der Waals surface area contributed by atoms with Crippen LogP contribution in [0.2, 0.25) is 0 Å². The molecule has 0 aliphatic heterocycles. The van der Waals surface area contributed by atoms with Gasteiger partial charge in [-0.25, -0.2) is 0 Å². The quantitative estimate of drug-likeness (QED) is 0.690. The average molecular weight is 295 g/mol. The van der Waals surface area contributed by atoms with Gasteiger partial charge in [-0.05, 0) is 49.4 Å². The third-order valence-electron chi connectivity index (χ3n) is 7.16. The minimum absolute atomic E-state index is 0.286. The predicted molar refractivity (Wildman–Crippen MR) is 88.8 cm³/mol. The topological polar surface area (TPSA) is 9.23 Å². The highest BCUT2D eigenvalue weighted by Crippen LogP contribution is 2.53. The van der Waals surface area contributed by atoms with E-state index < -0.39 is 0 Å². The van der Waals surface area contributed by atoms with E-state index in [9.17, 15) is 0 Å². The highest BCUT2D eigenvalue weighted by atomic mass is 28.2. The Kier molecular flexibility index (Phi) is 4.92. The van der Waals surface area contributed by atoms with Crippen LogP contribution in [0.4, 0.5) is 0 Å². The Bertz CT molecular complexity index is 283. The molecule has 3 aliphatic rings. The van der Waals surface area contributed by atoms with Crippen molar-refractivity contribution in [3.05, 3.63) is 0 Å². The van der Waals surface area contributed by atoms with Crippen molar-refractivity contribution in [2.45, 2.75) is 89.6 Å². The summed E-state index contributed by atoms with van der Waals surface area (Å²) in [5.41, 5.74) is 0.286. The molecule has 0 amide bonds. The van der Waals surface area contributed by atoms with Crippen LogP contribution in [0.5, 0.6) is 0 Å². The molecule has 1 unspecified atom stereocenters. The largest absolute Gasteiger partial charge is 0.422 e. The molecule has 20 heavy (non-hydrogen) atoms. The molecule has 3 saturated carbocycles. The minimum Gasteiger partial charge on any atom is -0.422 e. The maximum absolute atomic E-state index is 6.62. The van der Waals surface area contributed by atoms with Crippen molar-refractivity contribution in [3.8, 4) is 0 Å². The van der Waals surface area contributed by atoms with Gasteiger partial charge >= 0.3 is 0 Å². The van der Waals surface area contributed by atoms with E-state index in [1.54, 1.807) is 0 Å². The molecule has 3 aliphatic carbocycles. The second-order valence-corrected chi connectivity index (χ2v) is 8.26. The Hall–Kier alpha value is 0.177. The van der Waals surface area contributed by atoms with Gasteiger partial charge in [-0.2, -0.15) is 0 Å². The fourth-order valence-corrected chi connectivity index (χ4v) is 7.21. The zero-order chi connectivity index (χ0) is 14.0. The molecular weight excluding hydrogens is 260 g/mol. The number of rotatable bonds is 5. The summed E-state index contributed by atoms with van der Waals surface area (Å²) in [5.74, 6) is 3.55. The Labute approximate surface area is 128 Å². The maximum atomic E-state index is 6.62. The van der Waals surface area contributed by atoms with E-state index in [0.717, 1.165) is 34.2 Å². The van der Waals surface area contributed by atoms with Crippen molar-refractivity contribution in [1.29, 1.82) is 0 Å². The summed E-state index contributed by atoms with van der Waals surface area (Å²) in [7, 11) is 0.935. The minimum atomic E-state index is 0.286. The molecule has 116 valence electrons. The van der Waals surface area contributed by atoms with Gasteiger partial charge in [0.2, 0.25) is 0 Å². The van der Waals surface area contributed by atoms with E-state index in [4.69, 9.17) is 4.43 Å². The monoisotopic (exact) mass is 294 g/mol. The molecule has 0 bridgehead atoms. The second kappa shape index (κ2) is 6.52. The van der Waals surface area contributed by atoms with E-state index in [-0.39, 0.29) is 5.60 Å². The van der Waals surface area contributed by atoms with E-state index in [0.29, 0.717) is 0 Å². The Balaban J connectivity index is 1.86. The van der Waals surface area contributed by atoms with Crippen LogP contribution < -0.4 is 0 Å². The van der Waals surface area contributed by atoms with E-state index in [1.807, 2.05) is 0 Å². The summed E-state index contributed by atoms with van der Waals surface area (Å²) in [6.07, 6.45) is 17.6. The molecule has 0 aromatic rings. The smallest absolute Gasteiger partial charge is 0.146 e. The summed E-state index contributed by atoms with van der Waals surface area (Å²) >= 11 is 0. The zero-order valence-corrected chi connectivity index (χ0v) is 15.7. The highest BCUT2D eigenvalue weighted by Gasteiger charge is 2.52. The number of hydrogen-bond donors (Lipinski definition) is 0. The van der Waals surface area contributed by atoms with Crippen LogP contribution in [0.1, 0.15) is 84.0 Å². The summed E-state index contributed by atoms with van der Waals surface area (Å²) in [6, 6.07) is 0. The molecular formula is C18H34OSi. The van der Waals surface area contributed by atoms with Crippen LogP contribution >= 0.6 is 0 Å². The summed E-state index contributed by atoms with van der Waals surface area (Å²) in [5, 5.41) is 0. The van der Waals surface area contributed by atoms with Crippen molar-refractivity contribution < 1.29 is 4.43 Å². The molecule has 0 saturated heterocycles. The summed E-state index contributed by atoms with van der Waals surface area (Å²) < 4.78 is 6.62. The first-order chi connectivity index (χ1) is 9.79. The molecule has 0 aromatic heterocycles. The summed E-state index contributed by atoms with van der Waals surface area (Å²) in [6.45, 7) is 2.57. The third-order valence-corrected chi connectivity index (χ3v) is 7.87. The van der Waals surface area contributed by atoms with Crippen LogP contribution in [0, 0.1) is 23.7 Å². The lowest BCUT2D eigenvalue weighted by molar-refractivity contribution is -0.0973. The van der Waals surface area contributed by atoms with Crippen LogP contribution in [-0.4, -0.2) is 16.1 Å². The average Bonchev–Trinajstić information content (AvgIpc) is 3.23. The lowest BCUT2D eigenvalue weighted by atomic mass is 9.64.